The summed E-state index contributed by atoms with van der Waals surface area (Å²) in [5.74, 6) is 0.349. The molecule has 1 aliphatic heterocycles. The van der Waals surface area contributed by atoms with Crippen LogP contribution < -0.4 is 21.1 Å². The Labute approximate surface area is 205 Å². The monoisotopic (exact) mass is 470 g/mol. The molecule has 2 amide bonds. The molecule has 35 heavy (non-hydrogen) atoms. The van der Waals surface area contributed by atoms with E-state index in [2.05, 4.69) is 15.5 Å². The number of anilines is 3. The van der Waals surface area contributed by atoms with Gasteiger partial charge in [-0.25, -0.2) is 0 Å². The molecule has 180 valence electrons. The number of ether oxygens (including phenoxy) is 1. The van der Waals surface area contributed by atoms with Gasteiger partial charge in [0.2, 0.25) is 11.8 Å². The van der Waals surface area contributed by atoms with Gasteiger partial charge in [0.15, 0.2) is 0 Å². The van der Waals surface area contributed by atoms with Crippen molar-refractivity contribution in [1.29, 1.82) is 0 Å². The van der Waals surface area contributed by atoms with Crippen LogP contribution in [-0.2, 0) is 9.59 Å². The summed E-state index contributed by atoms with van der Waals surface area (Å²) in [6, 6.07) is 22.5. The second-order valence-corrected chi connectivity index (χ2v) is 8.73. The Kier molecular flexibility index (Phi) is 7.48. The zero-order valence-corrected chi connectivity index (χ0v) is 19.9. The van der Waals surface area contributed by atoms with E-state index in [9.17, 15) is 9.59 Å². The predicted octanol–water partition coefficient (Wildman–Crippen LogP) is 4.21. The average Bonchev–Trinajstić information content (AvgIpc) is 3.26. The third-order valence-corrected chi connectivity index (χ3v) is 6.19. The highest BCUT2D eigenvalue weighted by atomic mass is 16.5. The quantitative estimate of drug-likeness (QED) is 0.355. The molecule has 0 saturated carbocycles. The molecule has 0 bridgehead atoms. The summed E-state index contributed by atoms with van der Waals surface area (Å²) in [5, 5.41) is 5.81. The molecule has 1 saturated heterocycles. The molecule has 0 aliphatic carbocycles. The van der Waals surface area contributed by atoms with Crippen LogP contribution in [0.2, 0.25) is 0 Å². The van der Waals surface area contributed by atoms with E-state index < -0.39 is 0 Å². The molecule has 4 rings (SSSR count). The predicted molar refractivity (Wildman–Crippen MR) is 140 cm³/mol. The lowest BCUT2D eigenvalue weighted by molar-refractivity contribution is -0.119. The zero-order valence-electron chi connectivity index (χ0n) is 19.9. The van der Waals surface area contributed by atoms with Crippen LogP contribution in [-0.4, -0.2) is 44.0 Å². The van der Waals surface area contributed by atoms with Crippen LogP contribution in [0.4, 0.5) is 17.1 Å². The van der Waals surface area contributed by atoms with E-state index >= 15 is 0 Å². The number of methoxy groups -OCH3 is 1. The van der Waals surface area contributed by atoms with E-state index in [0.29, 0.717) is 23.7 Å². The number of rotatable bonds is 7. The number of carbonyl (C=O) groups is 2. The Morgan fingerprint density at radius 3 is 2.51 bits per heavy atom. The minimum absolute atomic E-state index is 0.00608. The number of nitrogens with zero attached hydrogens (tertiary/aromatic N) is 1. The van der Waals surface area contributed by atoms with Crippen molar-refractivity contribution in [2.24, 2.45) is 5.92 Å². The summed E-state index contributed by atoms with van der Waals surface area (Å²) in [7, 11) is 3.63. The maximum absolute atomic E-state index is 13.1. The fourth-order valence-corrected chi connectivity index (χ4v) is 4.35. The third-order valence-electron chi connectivity index (χ3n) is 6.19. The number of likely N-dealkylation sites (N-methyl/N-ethyl adjacent to an activating group) is 1. The third kappa shape index (κ3) is 6.07. The fraction of sp³-hybridized carbons (Fsp3) is 0.214. The normalized spacial score (nSPS) is 17.9. The minimum atomic E-state index is -0.251. The fourth-order valence-electron chi connectivity index (χ4n) is 4.35. The van der Waals surface area contributed by atoms with Crippen molar-refractivity contribution in [1.82, 2.24) is 4.90 Å². The molecule has 0 radical (unpaired) electrons. The first-order valence-electron chi connectivity index (χ1n) is 11.5. The minimum Gasteiger partial charge on any atom is -0.497 e. The number of likely N-dealkylation sites (tertiary alicyclic amines) is 1. The Morgan fingerprint density at radius 1 is 1.00 bits per heavy atom. The van der Waals surface area contributed by atoms with Crippen LogP contribution in [0.1, 0.15) is 17.0 Å². The van der Waals surface area contributed by atoms with Crippen molar-refractivity contribution in [3.8, 4) is 5.75 Å². The van der Waals surface area contributed by atoms with Crippen LogP contribution in [0.3, 0.4) is 0 Å². The maximum Gasteiger partial charge on any atom is 0.248 e. The average molecular weight is 471 g/mol. The zero-order chi connectivity index (χ0) is 24.8. The van der Waals surface area contributed by atoms with Crippen molar-refractivity contribution in [2.45, 2.75) is 5.92 Å². The highest BCUT2D eigenvalue weighted by Crippen LogP contribution is 2.33. The summed E-state index contributed by atoms with van der Waals surface area (Å²) >= 11 is 0. The number of para-hydroxylation sites is 2. The first kappa shape index (κ1) is 24.0. The molecule has 2 atom stereocenters. The standard InChI is InChI=1S/C28H30N4O3/c1-32-17-23(24(18-32)28(34)30-21-6-5-7-22(16-21)35-2)20-13-10-19(11-14-20)12-15-27(33)31-26-9-4-3-8-25(26)29/h3-16,23-24H,17-18,29H2,1-2H3,(H,30,34)(H,31,33)/b15-12+/t23-,24+/m1/s1. The lowest BCUT2D eigenvalue weighted by Crippen LogP contribution is -2.28. The van der Waals surface area contributed by atoms with Gasteiger partial charge in [-0.3, -0.25) is 9.59 Å². The van der Waals surface area contributed by atoms with E-state index in [4.69, 9.17) is 10.5 Å². The van der Waals surface area contributed by atoms with Crippen LogP contribution in [0.25, 0.3) is 6.08 Å². The number of benzene rings is 3. The smallest absolute Gasteiger partial charge is 0.248 e. The van der Waals surface area contributed by atoms with Gasteiger partial charge in [-0.1, -0.05) is 42.5 Å². The molecule has 7 nitrogen and oxygen atoms in total. The van der Waals surface area contributed by atoms with Crippen LogP contribution in [0.15, 0.2) is 78.9 Å². The number of hydrogen-bond donors (Lipinski definition) is 3. The van der Waals surface area contributed by atoms with Crippen LogP contribution in [0.5, 0.6) is 5.75 Å². The summed E-state index contributed by atoms with van der Waals surface area (Å²) in [6.45, 7) is 1.48. The summed E-state index contributed by atoms with van der Waals surface area (Å²) in [5.41, 5.74) is 9.69. The van der Waals surface area contributed by atoms with E-state index in [1.54, 1.807) is 25.3 Å². The Balaban J connectivity index is 1.41. The summed E-state index contributed by atoms with van der Waals surface area (Å²) in [6.07, 6.45) is 3.24. The van der Waals surface area contributed by atoms with E-state index in [1.807, 2.05) is 67.7 Å². The Hall–Kier alpha value is -4.10. The number of nitrogen functional groups attached to an aromatic ring is 1. The SMILES string of the molecule is COc1cccc(NC(=O)[C@H]2CN(C)C[C@@H]2c2ccc(/C=C/C(=O)Nc3ccccc3N)cc2)c1. The van der Waals surface area contributed by atoms with Gasteiger partial charge in [-0.2, -0.15) is 0 Å². The number of hydrogen-bond acceptors (Lipinski definition) is 5. The molecule has 0 unspecified atom stereocenters. The largest absolute Gasteiger partial charge is 0.497 e. The molecule has 0 spiro atoms. The molecule has 4 N–H and O–H groups in total. The van der Waals surface area contributed by atoms with E-state index in [1.165, 1.54) is 6.08 Å². The van der Waals surface area contributed by atoms with Gasteiger partial charge in [-0.05, 0) is 48.5 Å². The van der Waals surface area contributed by atoms with E-state index in [0.717, 1.165) is 23.4 Å². The summed E-state index contributed by atoms with van der Waals surface area (Å²) < 4.78 is 5.25. The molecule has 1 aliphatic rings. The van der Waals surface area contributed by atoms with Gasteiger partial charge >= 0.3 is 0 Å². The van der Waals surface area contributed by atoms with Crippen molar-refractivity contribution in [3.63, 3.8) is 0 Å². The first-order valence-corrected chi connectivity index (χ1v) is 11.5. The van der Waals surface area contributed by atoms with Crippen molar-refractivity contribution < 1.29 is 14.3 Å². The van der Waals surface area contributed by atoms with Gasteiger partial charge in [0.1, 0.15) is 5.75 Å². The molecular weight excluding hydrogens is 440 g/mol. The van der Waals surface area contributed by atoms with E-state index in [-0.39, 0.29) is 23.7 Å². The van der Waals surface area contributed by atoms with Crippen LogP contribution in [0, 0.1) is 5.92 Å². The molecule has 3 aromatic carbocycles. The highest BCUT2D eigenvalue weighted by molar-refractivity contribution is 6.03. The highest BCUT2D eigenvalue weighted by Gasteiger charge is 2.37. The summed E-state index contributed by atoms with van der Waals surface area (Å²) in [4.78, 5) is 27.5. The van der Waals surface area contributed by atoms with Crippen molar-refractivity contribution >= 4 is 35.0 Å². The van der Waals surface area contributed by atoms with Crippen LogP contribution >= 0.6 is 0 Å². The number of carbonyl (C=O) groups excluding carboxylic acids is 2. The Morgan fingerprint density at radius 2 is 1.77 bits per heavy atom. The maximum atomic E-state index is 13.1. The van der Waals surface area contributed by atoms with Gasteiger partial charge in [0.25, 0.3) is 0 Å². The van der Waals surface area contributed by atoms with Crippen molar-refractivity contribution in [3.05, 3.63) is 90.0 Å². The number of nitrogens with two attached hydrogens (primary N) is 1. The molecule has 7 heteroatoms. The van der Waals surface area contributed by atoms with Gasteiger partial charge in [0.05, 0.1) is 24.4 Å². The topological polar surface area (TPSA) is 96.7 Å². The number of amides is 2. The molecule has 3 aromatic rings. The van der Waals surface area contributed by atoms with Gasteiger partial charge < -0.3 is 26.0 Å². The lowest BCUT2D eigenvalue weighted by atomic mass is 9.88. The number of nitrogens with one attached hydrogen (secondary N) is 2. The second-order valence-electron chi connectivity index (χ2n) is 8.73. The second kappa shape index (κ2) is 10.9. The molecular formula is C28H30N4O3. The van der Waals surface area contributed by atoms with Crippen molar-refractivity contribution in [2.75, 3.05) is 43.6 Å². The lowest BCUT2D eigenvalue weighted by Gasteiger charge is -2.19. The molecule has 1 fully saturated rings. The van der Waals surface area contributed by atoms with Gasteiger partial charge in [0, 0.05) is 36.8 Å². The molecule has 0 aromatic heterocycles. The van der Waals surface area contributed by atoms with Gasteiger partial charge in [-0.15, -0.1) is 0 Å². The molecule has 1 heterocycles. The Bertz CT molecular complexity index is 1220. The first-order chi connectivity index (χ1) is 16.9.